The minimum absolute atomic E-state index is 0.0579. The van der Waals surface area contributed by atoms with E-state index in [0.717, 1.165) is 6.07 Å². The zero-order valence-corrected chi connectivity index (χ0v) is 17.8. The number of halogens is 2. The number of aryl methyl sites for hydroxylation is 1. The summed E-state index contributed by atoms with van der Waals surface area (Å²) in [5, 5.41) is 0.0579. The van der Waals surface area contributed by atoms with E-state index in [1.807, 2.05) is 0 Å². The molecule has 0 aliphatic carbocycles. The molecule has 0 atom stereocenters. The van der Waals surface area contributed by atoms with Crippen LogP contribution in [0.25, 0.3) is 0 Å². The van der Waals surface area contributed by atoms with Gasteiger partial charge < -0.3 is 19.5 Å². The van der Waals surface area contributed by atoms with Crippen LogP contribution in [0, 0.1) is 19.7 Å². The molecular formula is C21H23ClFN3O4. The van der Waals surface area contributed by atoms with Crippen LogP contribution in [0.3, 0.4) is 0 Å². The number of piperazine rings is 1. The van der Waals surface area contributed by atoms with E-state index >= 15 is 0 Å². The molecule has 1 aromatic carbocycles. The molecule has 3 rings (SSSR count). The van der Waals surface area contributed by atoms with Crippen LogP contribution in [0.4, 0.5) is 4.39 Å². The molecule has 1 aliphatic rings. The van der Waals surface area contributed by atoms with Crippen molar-refractivity contribution >= 4 is 29.4 Å². The number of nitrogens with one attached hydrogen (secondary N) is 1. The summed E-state index contributed by atoms with van der Waals surface area (Å²) in [6.45, 7) is 6.70. The Kier molecular flexibility index (Phi) is 6.45. The molecule has 2 amide bonds. The molecule has 160 valence electrons. The summed E-state index contributed by atoms with van der Waals surface area (Å²) >= 11 is 5.99. The number of ether oxygens (including phenoxy) is 1. The van der Waals surface area contributed by atoms with Crippen LogP contribution in [0.5, 0.6) is 0 Å². The smallest absolute Gasteiger partial charge is 0.340 e. The summed E-state index contributed by atoms with van der Waals surface area (Å²) in [5.41, 5.74) is 2.08. The maximum Gasteiger partial charge on any atom is 0.340 e. The van der Waals surface area contributed by atoms with E-state index in [2.05, 4.69) is 4.98 Å². The fourth-order valence-corrected chi connectivity index (χ4v) is 3.83. The van der Waals surface area contributed by atoms with Crippen molar-refractivity contribution in [3.05, 3.63) is 57.1 Å². The van der Waals surface area contributed by atoms with E-state index < -0.39 is 11.8 Å². The first-order valence-electron chi connectivity index (χ1n) is 9.64. The molecule has 2 heterocycles. The zero-order chi connectivity index (χ0) is 22.0. The maximum atomic E-state index is 13.2. The quantitative estimate of drug-likeness (QED) is 0.747. The molecule has 1 aliphatic heterocycles. The van der Waals surface area contributed by atoms with Gasteiger partial charge in [-0.2, -0.15) is 0 Å². The summed E-state index contributed by atoms with van der Waals surface area (Å²) < 4.78 is 18.3. The minimum Gasteiger partial charge on any atom is -0.462 e. The monoisotopic (exact) mass is 435 g/mol. The van der Waals surface area contributed by atoms with E-state index in [4.69, 9.17) is 16.3 Å². The first-order valence-corrected chi connectivity index (χ1v) is 10.0. The van der Waals surface area contributed by atoms with Gasteiger partial charge in [0, 0.05) is 31.9 Å². The van der Waals surface area contributed by atoms with Crippen LogP contribution in [0.2, 0.25) is 5.02 Å². The van der Waals surface area contributed by atoms with Crippen LogP contribution in [-0.4, -0.2) is 65.4 Å². The lowest BCUT2D eigenvalue weighted by Gasteiger charge is -2.34. The number of benzene rings is 1. The summed E-state index contributed by atoms with van der Waals surface area (Å²) in [7, 11) is 0. The maximum absolute atomic E-state index is 13.2. The molecule has 2 aromatic rings. The van der Waals surface area contributed by atoms with Gasteiger partial charge in [0.05, 0.1) is 22.8 Å². The van der Waals surface area contributed by atoms with Crippen molar-refractivity contribution in [3.8, 4) is 0 Å². The number of hydrogen-bond acceptors (Lipinski definition) is 4. The van der Waals surface area contributed by atoms with Gasteiger partial charge in [0.15, 0.2) is 0 Å². The fourth-order valence-electron chi connectivity index (χ4n) is 3.58. The minimum atomic E-state index is -0.509. The third-order valence-corrected chi connectivity index (χ3v) is 5.46. The Hall–Kier alpha value is -2.87. The van der Waals surface area contributed by atoms with Gasteiger partial charge in [-0.25, -0.2) is 9.18 Å². The Labute approximate surface area is 178 Å². The normalized spacial score (nSPS) is 14.0. The molecule has 0 radical (unpaired) electrons. The van der Waals surface area contributed by atoms with E-state index in [9.17, 15) is 18.8 Å². The molecule has 1 N–H and O–H groups in total. The van der Waals surface area contributed by atoms with Crippen molar-refractivity contribution in [3.63, 3.8) is 0 Å². The molecule has 1 aromatic heterocycles. The fraction of sp³-hybridized carbons (Fsp3) is 0.381. The van der Waals surface area contributed by atoms with Crippen molar-refractivity contribution in [1.82, 2.24) is 14.8 Å². The number of amides is 2. The van der Waals surface area contributed by atoms with Crippen LogP contribution >= 0.6 is 11.6 Å². The van der Waals surface area contributed by atoms with Crippen molar-refractivity contribution in [2.45, 2.75) is 20.8 Å². The highest BCUT2D eigenvalue weighted by molar-refractivity contribution is 6.33. The van der Waals surface area contributed by atoms with Crippen LogP contribution < -0.4 is 0 Å². The zero-order valence-electron chi connectivity index (χ0n) is 17.1. The summed E-state index contributed by atoms with van der Waals surface area (Å²) in [6.07, 6.45) is 0. The molecule has 0 unspecified atom stereocenters. The van der Waals surface area contributed by atoms with Gasteiger partial charge in [0.25, 0.3) is 11.8 Å². The highest BCUT2D eigenvalue weighted by Gasteiger charge is 2.30. The highest BCUT2D eigenvalue weighted by Crippen LogP contribution is 2.23. The van der Waals surface area contributed by atoms with E-state index in [0.29, 0.717) is 48.7 Å². The SMILES string of the molecule is CCOC(=O)c1c(C)[nH]c(C(=O)N2CCN(C(=O)c3ccc(F)cc3Cl)CC2)c1C. The summed E-state index contributed by atoms with van der Waals surface area (Å²) in [5.74, 6) is -1.51. The first kappa shape index (κ1) is 21.8. The number of nitrogens with zero attached hydrogens (tertiary/aromatic N) is 2. The lowest BCUT2D eigenvalue weighted by atomic mass is 10.1. The Bertz CT molecular complexity index is 996. The van der Waals surface area contributed by atoms with Crippen LogP contribution in [0.15, 0.2) is 18.2 Å². The molecule has 30 heavy (non-hydrogen) atoms. The predicted molar refractivity (Wildman–Crippen MR) is 109 cm³/mol. The molecule has 0 spiro atoms. The summed E-state index contributed by atoms with van der Waals surface area (Å²) in [4.78, 5) is 44.0. The lowest BCUT2D eigenvalue weighted by molar-refractivity contribution is 0.0522. The second kappa shape index (κ2) is 8.87. The van der Waals surface area contributed by atoms with Gasteiger partial charge in [0.1, 0.15) is 11.5 Å². The topological polar surface area (TPSA) is 82.7 Å². The standard InChI is InChI=1S/C21H23ClFN3O4/c1-4-30-21(29)17-12(2)18(24-13(17)3)20(28)26-9-7-25(8-10-26)19(27)15-6-5-14(23)11-16(15)22/h5-6,11,24H,4,7-10H2,1-3H3. The molecule has 9 heteroatoms. The number of aromatic nitrogens is 1. The number of hydrogen-bond donors (Lipinski definition) is 1. The second-order valence-corrected chi connectivity index (χ2v) is 7.46. The van der Waals surface area contributed by atoms with E-state index in [-0.39, 0.29) is 29.0 Å². The third kappa shape index (κ3) is 4.18. The second-order valence-electron chi connectivity index (χ2n) is 7.05. The van der Waals surface area contributed by atoms with Gasteiger partial charge in [-0.1, -0.05) is 11.6 Å². The Balaban J connectivity index is 1.69. The van der Waals surface area contributed by atoms with Crippen LogP contribution in [0.1, 0.15) is 49.4 Å². The molecule has 7 nitrogen and oxygen atoms in total. The van der Waals surface area contributed by atoms with Gasteiger partial charge in [-0.05, 0) is 44.5 Å². The van der Waals surface area contributed by atoms with Crippen molar-refractivity contribution < 1.29 is 23.5 Å². The lowest BCUT2D eigenvalue weighted by Crippen LogP contribution is -2.50. The van der Waals surface area contributed by atoms with Gasteiger partial charge in [-0.15, -0.1) is 0 Å². The Morgan fingerprint density at radius 2 is 1.70 bits per heavy atom. The number of rotatable bonds is 4. The van der Waals surface area contributed by atoms with Crippen LogP contribution in [-0.2, 0) is 4.74 Å². The molecule has 1 fully saturated rings. The molecule has 0 saturated carbocycles. The van der Waals surface area contributed by atoms with Crippen molar-refractivity contribution in [2.75, 3.05) is 32.8 Å². The highest BCUT2D eigenvalue weighted by atomic mass is 35.5. The Morgan fingerprint density at radius 1 is 1.10 bits per heavy atom. The number of H-pyrrole nitrogens is 1. The predicted octanol–water partition coefficient (Wildman–Crippen LogP) is 3.20. The average molecular weight is 436 g/mol. The Morgan fingerprint density at radius 3 is 2.27 bits per heavy atom. The first-order chi connectivity index (χ1) is 14.2. The van der Waals surface area contributed by atoms with Gasteiger partial charge >= 0.3 is 5.97 Å². The van der Waals surface area contributed by atoms with Crippen molar-refractivity contribution in [1.29, 1.82) is 0 Å². The average Bonchev–Trinajstić information content (AvgIpc) is 3.01. The number of carbonyl (C=O) groups excluding carboxylic acids is 3. The van der Waals surface area contributed by atoms with Gasteiger partial charge in [-0.3, -0.25) is 9.59 Å². The molecule has 0 bridgehead atoms. The molecule has 1 saturated heterocycles. The van der Waals surface area contributed by atoms with Crippen molar-refractivity contribution in [2.24, 2.45) is 0 Å². The largest absolute Gasteiger partial charge is 0.462 e. The third-order valence-electron chi connectivity index (χ3n) is 5.15. The number of aromatic amines is 1. The van der Waals surface area contributed by atoms with Gasteiger partial charge in [0.2, 0.25) is 0 Å². The number of carbonyl (C=O) groups is 3. The molecular weight excluding hydrogens is 413 g/mol. The van der Waals surface area contributed by atoms with E-state index in [1.165, 1.54) is 12.1 Å². The summed E-state index contributed by atoms with van der Waals surface area (Å²) in [6, 6.07) is 3.65. The van der Waals surface area contributed by atoms with E-state index in [1.54, 1.807) is 30.6 Å². The number of esters is 1.